The Hall–Kier alpha value is -3.31. The van der Waals surface area contributed by atoms with Gasteiger partial charge in [0.05, 0.1) is 12.0 Å². The zero-order valence-electron chi connectivity index (χ0n) is 16.6. The lowest BCUT2D eigenvalue weighted by Crippen LogP contribution is -2.60. The maximum atomic E-state index is 12.9. The minimum atomic E-state index is -1.95. The van der Waals surface area contributed by atoms with Gasteiger partial charge in [-0.05, 0) is 17.7 Å². The number of aliphatic hydroxyl groups excluding tert-OH is 3. The zero-order valence-corrected chi connectivity index (χ0v) is 16.6. The van der Waals surface area contributed by atoms with Crippen LogP contribution in [-0.4, -0.2) is 68.9 Å². The Kier molecular flexibility index (Phi) is 5.94. The standard InChI is InChI=1S/C22H20O10/c23-15(31-20-18(26)17(25)19(21(27)28)32-22(20)29)8-10-5-6-14-13(7-10)16(24)12-4-2-1-3-11(12)9-30-14/h1-7,17-20,22,25-26,29H,8-9H2,(H,27,28)/t17-,18-,19-,20+,22-/m0/s1. The quantitative estimate of drug-likeness (QED) is 0.465. The SMILES string of the molecule is O=C(Cc1ccc2c(c1)C(=O)c1ccccc1CO2)O[C@@H]1[C@@H](O)[C@H](O)[C@@H](C(=O)O)O[C@@H]1O. The summed E-state index contributed by atoms with van der Waals surface area (Å²) < 4.78 is 15.5. The fourth-order valence-corrected chi connectivity index (χ4v) is 3.70. The van der Waals surface area contributed by atoms with E-state index in [4.69, 9.17) is 19.3 Å². The number of aliphatic carboxylic acids is 1. The van der Waals surface area contributed by atoms with E-state index in [9.17, 15) is 29.7 Å². The van der Waals surface area contributed by atoms with Crippen molar-refractivity contribution in [3.63, 3.8) is 0 Å². The summed E-state index contributed by atoms with van der Waals surface area (Å²) in [4.78, 5) is 36.4. The molecule has 10 nitrogen and oxygen atoms in total. The number of carboxylic acid groups (broad SMARTS) is 1. The van der Waals surface area contributed by atoms with E-state index in [0.29, 0.717) is 16.9 Å². The van der Waals surface area contributed by atoms with Gasteiger partial charge in [0, 0.05) is 11.1 Å². The van der Waals surface area contributed by atoms with Crippen molar-refractivity contribution in [2.24, 2.45) is 0 Å². The summed E-state index contributed by atoms with van der Waals surface area (Å²) in [6, 6.07) is 11.7. The normalized spacial score (nSPS) is 26.8. The van der Waals surface area contributed by atoms with Crippen molar-refractivity contribution in [1.29, 1.82) is 0 Å². The lowest BCUT2D eigenvalue weighted by molar-refractivity contribution is -0.284. The summed E-state index contributed by atoms with van der Waals surface area (Å²) in [5.74, 6) is -2.35. The average Bonchev–Trinajstić information content (AvgIpc) is 2.90. The number of hydrogen-bond acceptors (Lipinski definition) is 9. The summed E-state index contributed by atoms with van der Waals surface area (Å²) >= 11 is 0. The third-order valence-electron chi connectivity index (χ3n) is 5.36. The molecule has 2 aliphatic heterocycles. The van der Waals surface area contributed by atoms with E-state index in [-0.39, 0.29) is 24.4 Å². The lowest BCUT2D eigenvalue weighted by atomic mass is 9.97. The number of carboxylic acids is 1. The Morgan fingerprint density at radius 3 is 2.53 bits per heavy atom. The molecule has 4 rings (SSSR count). The van der Waals surface area contributed by atoms with Crippen molar-refractivity contribution in [1.82, 2.24) is 0 Å². The molecule has 168 valence electrons. The smallest absolute Gasteiger partial charge is 0.335 e. The van der Waals surface area contributed by atoms with Gasteiger partial charge in [0.1, 0.15) is 24.6 Å². The molecule has 32 heavy (non-hydrogen) atoms. The molecule has 4 N–H and O–H groups in total. The summed E-state index contributed by atoms with van der Waals surface area (Å²) in [5, 5.41) is 38.8. The largest absolute Gasteiger partial charge is 0.488 e. The van der Waals surface area contributed by atoms with Crippen LogP contribution >= 0.6 is 0 Å². The van der Waals surface area contributed by atoms with E-state index in [1.54, 1.807) is 36.4 Å². The minimum absolute atomic E-state index is 0.230. The first kappa shape index (κ1) is 21.9. The summed E-state index contributed by atoms with van der Waals surface area (Å²) in [6.07, 6.45) is -9.61. The second-order valence-electron chi connectivity index (χ2n) is 7.50. The number of ether oxygens (including phenoxy) is 3. The highest BCUT2D eigenvalue weighted by Gasteiger charge is 2.49. The fourth-order valence-electron chi connectivity index (χ4n) is 3.70. The molecule has 0 spiro atoms. The Balaban J connectivity index is 1.48. The molecule has 0 aliphatic carbocycles. The van der Waals surface area contributed by atoms with E-state index in [1.807, 2.05) is 0 Å². The van der Waals surface area contributed by atoms with Crippen LogP contribution in [0.2, 0.25) is 0 Å². The highest BCUT2D eigenvalue weighted by atomic mass is 16.7. The Labute approximate surface area is 181 Å². The second kappa shape index (κ2) is 8.67. The molecule has 0 saturated carbocycles. The van der Waals surface area contributed by atoms with Gasteiger partial charge in [-0.1, -0.05) is 30.3 Å². The number of aliphatic hydroxyl groups is 3. The van der Waals surface area contributed by atoms with Gasteiger partial charge in [-0.15, -0.1) is 0 Å². The van der Waals surface area contributed by atoms with Gasteiger partial charge in [-0.2, -0.15) is 0 Å². The minimum Gasteiger partial charge on any atom is -0.488 e. The van der Waals surface area contributed by atoms with Crippen molar-refractivity contribution in [3.05, 3.63) is 64.7 Å². The first-order chi connectivity index (χ1) is 15.3. The summed E-state index contributed by atoms with van der Waals surface area (Å²) in [5.41, 5.74) is 1.93. The Morgan fingerprint density at radius 2 is 1.78 bits per heavy atom. The van der Waals surface area contributed by atoms with Gasteiger partial charge in [-0.3, -0.25) is 9.59 Å². The molecule has 10 heteroatoms. The number of carbonyl (C=O) groups excluding carboxylic acids is 2. The maximum absolute atomic E-state index is 12.9. The highest BCUT2D eigenvalue weighted by Crippen LogP contribution is 2.30. The van der Waals surface area contributed by atoms with Crippen LogP contribution in [0.4, 0.5) is 0 Å². The van der Waals surface area contributed by atoms with Crippen LogP contribution in [0.1, 0.15) is 27.0 Å². The second-order valence-corrected chi connectivity index (χ2v) is 7.50. The van der Waals surface area contributed by atoms with Crippen molar-refractivity contribution < 1.29 is 49.0 Å². The van der Waals surface area contributed by atoms with E-state index in [2.05, 4.69) is 0 Å². The summed E-state index contributed by atoms with van der Waals surface area (Å²) in [6.45, 7) is 0.230. The van der Waals surface area contributed by atoms with Gasteiger partial charge >= 0.3 is 11.9 Å². The van der Waals surface area contributed by atoms with Crippen molar-refractivity contribution in [2.75, 3.05) is 0 Å². The van der Waals surface area contributed by atoms with Crippen molar-refractivity contribution in [2.45, 2.75) is 43.7 Å². The number of benzene rings is 2. The topological polar surface area (TPSA) is 160 Å². The Morgan fingerprint density at radius 1 is 1.03 bits per heavy atom. The van der Waals surface area contributed by atoms with E-state index < -0.39 is 42.6 Å². The Bertz CT molecular complexity index is 1060. The number of esters is 1. The van der Waals surface area contributed by atoms with Crippen molar-refractivity contribution in [3.8, 4) is 5.75 Å². The third kappa shape index (κ3) is 4.08. The van der Waals surface area contributed by atoms with E-state index >= 15 is 0 Å². The maximum Gasteiger partial charge on any atom is 0.335 e. The van der Waals surface area contributed by atoms with Gasteiger partial charge in [0.25, 0.3) is 0 Å². The van der Waals surface area contributed by atoms with Gasteiger partial charge < -0.3 is 34.6 Å². The molecule has 2 heterocycles. The molecule has 0 bridgehead atoms. The molecule has 1 fully saturated rings. The van der Waals surface area contributed by atoms with Crippen LogP contribution in [0.3, 0.4) is 0 Å². The van der Waals surface area contributed by atoms with Crippen LogP contribution in [0.5, 0.6) is 5.75 Å². The molecular formula is C22H20O10. The van der Waals surface area contributed by atoms with Crippen molar-refractivity contribution >= 4 is 17.7 Å². The van der Waals surface area contributed by atoms with Gasteiger partial charge in [0.15, 0.2) is 24.3 Å². The third-order valence-corrected chi connectivity index (χ3v) is 5.36. The summed E-state index contributed by atoms with van der Waals surface area (Å²) in [7, 11) is 0. The van der Waals surface area contributed by atoms with Crippen LogP contribution in [-0.2, 0) is 32.1 Å². The first-order valence-corrected chi connectivity index (χ1v) is 9.76. The van der Waals surface area contributed by atoms with Crippen LogP contribution in [0, 0.1) is 0 Å². The molecule has 0 radical (unpaired) electrons. The number of fused-ring (bicyclic) bond motifs is 2. The van der Waals surface area contributed by atoms with Crippen LogP contribution < -0.4 is 4.74 Å². The molecule has 0 amide bonds. The number of hydrogen-bond donors (Lipinski definition) is 4. The molecule has 5 atom stereocenters. The van der Waals surface area contributed by atoms with Crippen LogP contribution in [0.15, 0.2) is 42.5 Å². The molecular weight excluding hydrogens is 424 g/mol. The monoisotopic (exact) mass is 444 g/mol. The van der Waals surface area contributed by atoms with E-state index in [1.165, 1.54) is 6.07 Å². The highest BCUT2D eigenvalue weighted by molar-refractivity contribution is 6.12. The molecule has 2 aromatic carbocycles. The van der Waals surface area contributed by atoms with Crippen LogP contribution in [0.25, 0.3) is 0 Å². The van der Waals surface area contributed by atoms with Gasteiger partial charge in [0.2, 0.25) is 0 Å². The van der Waals surface area contributed by atoms with Gasteiger partial charge in [-0.25, -0.2) is 4.79 Å². The molecule has 2 aromatic rings. The predicted molar refractivity (Wildman–Crippen MR) is 105 cm³/mol. The number of rotatable bonds is 4. The predicted octanol–water partition coefficient (Wildman–Crippen LogP) is -0.212. The molecule has 2 aliphatic rings. The zero-order chi connectivity index (χ0) is 23.0. The molecule has 0 aromatic heterocycles. The average molecular weight is 444 g/mol. The first-order valence-electron chi connectivity index (χ1n) is 9.76. The lowest BCUT2D eigenvalue weighted by Gasteiger charge is -2.38. The molecule has 1 saturated heterocycles. The molecule has 0 unspecified atom stereocenters. The number of ketones is 1. The number of carbonyl (C=O) groups is 3. The fraction of sp³-hybridized carbons (Fsp3) is 0.318. The van der Waals surface area contributed by atoms with E-state index in [0.717, 1.165) is 5.56 Å².